The van der Waals surface area contributed by atoms with Crippen molar-refractivity contribution in [3.8, 4) is 0 Å². The highest BCUT2D eigenvalue weighted by Crippen LogP contribution is 2.31. The summed E-state index contributed by atoms with van der Waals surface area (Å²) in [6.07, 6.45) is 3.91. The zero-order valence-corrected chi connectivity index (χ0v) is 17.8. The van der Waals surface area contributed by atoms with Crippen LogP contribution in [-0.2, 0) is 10.8 Å². The van der Waals surface area contributed by atoms with Crippen LogP contribution in [-0.4, -0.2) is 0 Å². The SMILES string of the molecule is CC(C)(C)c1ccc(N2C=CN(c3ccc(C(C)(C)C)cc3)C(N)=C2N)cc1. The maximum Gasteiger partial charge on any atom is 0.149 e. The van der Waals surface area contributed by atoms with Gasteiger partial charge in [-0.1, -0.05) is 65.8 Å². The van der Waals surface area contributed by atoms with E-state index in [4.69, 9.17) is 11.5 Å². The average molecular weight is 377 g/mol. The first-order chi connectivity index (χ1) is 13.0. The molecular weight excluding hydrogens is 344 g/mol. The Kier molecular flexibility index (Phi) is 4.92. The molecule has 28 heavy (non-hydrogen) atoms. The van der Waals surface area contributed by atoms with E-state index in [1.165, 1.54) is 11.1 Å². The summed E-state index contributed by atoms with van der Waals surface area (Å²) >= 11 is 0. The molecule has 0 atom stereocenters. The molecule has 2 aromatic carbocycles. The van der Waals surface area contributed by atoms with E-state index in [2.05, 4.69) is 90.1 Å². The van der Waals surface area contributed by atoms with Crippen molar-refractivity contribution < 1.29 is 0 Å². The van der Waals surface area contributed by atoms with Gasteiger partial charge in [0.2, 0.25) is 0 Å². The molecule has 0 aromatic heterocycles. The Morgan fingerprint density at radius 2 is 0.821 bits per heavy atom. The summed E-state index contributed by atoms with van der Waals surface area (Å²) in [7, 11) is 0. The maximum atomic E-state index is 6.39. The van der Waals surface area contributed by atoms with Crippen LogP contribution in [0.3, 0.4) is 0 Å². The minimum Gasteiger partial charge on any atom is -0.382 e. The number of nitrogens with two attached hydrogens (primary N) is 2. The summed E-state index contributed by atoms with van der Waals surface area (Å²) in [6, 6.07) is 16.9. The van der Waals surface area contributed by atoms with Crippen molar-refractivity contribution in [1.29, 1.82) is 0 Å². The third kappa shape index (κ3) is 3.86. The summed E-state index contributed by atoms with van der Waals surface area (Å²) < 4.78 is 0. The lowest BCUT2D eigenvalue weighted by atomic mass is 9.87. The molecule has 148 valence electrons. The van der Waals surface area contributed by atoms with E-state index in [9.17, 15) is 0 Å². The van der Waals surface area contributed by atoms with Crippen LogP contribution in [0.25, 0.3) is 0 Å². The summed E-state index contributed by atoms with van der Waals surface area (Å²) in [6.45, 7) is 13.2. The molecule has 0 bridgehead atoms. The van der Waals surface area contributed by atoms with Crippen LogP contribution in [0.1, 0.15) is 52.7 Å². The molecule has 4 N–H and O–H groups in total. The summed E-state index contributed by atoms with van der Waals surface area (Å²) in [4.78, 5) is 3.84. The largest absolute Gasteiger partial charge is 0.382 e. The van der Waals surface area contributed by atoms with E-state index in [0.29, 0.717) is 11.6 Å². The van der Waals surface area contributed by atoms with Gasteiger partial charge in [0.1, 0.15) is 11.6 Å². The molecule has 0 radical (unpaired) electrons. The van der Waals surface area contributed by atoms with Gasteiger partial charge < -0.3 is 11.5 Å². The number of hydrogen-bond donors (Lipinski definition) is 2. The molecule has 0 saturated heterocycles. The van der Waals surface area contributed by atoms with Gasteiger partial charge in [-0.3, -0.25) is 9.80 Å². The standard InChI is InChI=1S/C24H32N4/c1-23(2,3)17-7-11-19(12-8-17)27-15-16-28(22(26)21(27)25)20-13-9-18(10-14-20)24(4,5)6/h7-16H,25-26H2,1-6H3. The molecule has 1 heterocycles. The van der Waals surface area contributed by atoms with Crippen molar-refractivity contribution in [2.24, 2.45) is 11.5 Å². The van der Waals surface area contributed by atoms with E-state index >= 15 is 0 Å². The second kappa shape index (κ2) is 6.93. The second-order valence-corrected chi connectivity index (χ2v) is 9.40. The normalized spacial score (nSPS) is 15.4. The number of nitrogens with zero attached hydrogens (tertiary/aromatic N) is 2. The molecular formula is C24H32N4. The van der Waals surface area contributed by atoms with E-state index in [1.54, 1.807) is 0 Å². The Labute approximate surface area is 169 Å². The van der Waals surface area contributed by atoms with Crippen LogP contribution in [0.2, 0.25) is 0 Å². The Bertz CT molecular complexity index is 816. The highest BCUT2D eigenvalue weighted by Gasteiger charge is 2.22. The van der Waals surface area contributed by atoms with Crippen LogP contribution in [0.4, 0.5) is 11.4 Å². The van der Waals surface area contributed by atoms with Crippen LogP contribution < -0.4 is 21.3 Å². The highest BCUT2D eigenvalue weighted by molar-refractivity contribution is 5.64. The number of hydrogen-bond acceptors (Lipinski definition) is 4. The van der Waals surface area contributed by atoms with E-state index in [-0.39, 0.29) is 10.8 Å². The summed E-state index contributed by atoms with van der Waals surface area (Å²) in [5.74, 6) is 1.04. The highest BCUT2D eigenvalue weighted by atomic mass is 15.3. The Morgan fingerprint density at radius 1 is 0.536 bits per heavy atom. The van der Waals surface area contributed by atoms with E-state index in [0.717, 1.165) is 11.4 Å². The minimum absolute atomic E-state index is 0.118. The van der Waals surface area contributed by atoms with Gasteiger partial charge in [-0.2, -0.15) is 0 Å². The number of anilines is 2. The minimum atomic E-state index is 0.118. The zero-order chi connectivity index (χ0) is 20.7. The van der Waals surface area contributed by atoms with Crippen molar-refractivity contribution >= 4 is 11.4 Å². The van der Waals surface area contributed by atoms with Gasteiger partial charge in [-0.15, -0.1) is 0 Å². The summed E-state index contributed by atoms with van der Waals surface area (Å²) in [5, 5.41) is 0. The van der Waals surface area contributed by atoms with Crippen molar-refractivity contribution in [3.05, 3.63) is 83.7 Å². The van der Waals surface area contributed by atoms with Gasteiger partial charge in [0.25, 0.3) is 0 Å². The van der Waals surface area contributed by atoms with E-state index < -0.39 is 0 Å². The second-order valence-electron chi connectivity index (χ2n) is 9.40. The predicted molar refractivity (Wildman–Crippen MR) is 120 cm³/mol. The molecule has 0 saturated carbocycles. The first kappa shape index (κ1) is 19.9. The third-order valence-electron chi connectivity index (χ3n) is 5.17. The van der Waals surface area contributed by atoms with Crippen molar-refractivity contribution in [1.82, 2.24) is 0 Å². The molecule has 3 rings (SSSR count). The molecule has 1 aliphatic heterocycles. The molecule has 1 aliphatic rings. The molecule has 4 nitrogen and oxygen atoms in total. The van der Waals surface area contributed by atoms with Crippen LogP contribution in [0.15, 0.2) is 72.6 Å². The number of rotatable bonds is 2. The van der Waals surface area contributed by atoms with Gasteiger partial charge in [-0.05, 0) is 46.2 Å². The lowest BCUT2D eigenvalue weighted by Crippen LogP contribution is -2.37. The van der Waals surface area contributed by atoms with Gasteiger partial charge in [0.05, 0.1) is 0 Å². The van der Waals surface area contributed by atoms with Gasteiger partial charge in [0, 0.05) is 23.8 Å². The third-order valence-corrected chi connectivity index (χ3v) is 5.17. The zero-order valence-electron chi connectivity index (χ0n) is 17.8. The van der Waals surface area contributed by atoms with Crippen LogP contribution in [0, 0.1) is 0 Å². The van der Waals surface area contributed by atoms with Gasteiger partial charge >= 0.3 is 0 Å². The molecule has 0 amide bonds. The van der Waals surface area contributed by atoms with Crippen molar-refractivity contribution in [2.75, 3.05) is 9.80 Å². The van der Waals surface area contributed by atoms with E-state index in [1.807, 2.05) is 22.2 Å². The topological polar surface area (TPSA) is 58.5 Å². The van der Waals surface area contributed by atoms with Crippen LogP contribution in [0.5, 0.6) is 0 Å². The fraction of sp³-hybridized carbons (Fsp3) is 0.333. The van der Waals surface area contributed by atoms with Gasteiger partial charge in [0.15, 0.2) is 0 Å². The monoisotopic (exact) mass is 376 g/mol. The average Bonchev–Trinajstić information content (AvgIpc) is 2.63. The molecule has 0 fully saturated rings. The number of benzene rings is 2. The smallest absolute Gasteiger partial charge is 0.149 e. The lowest BCUT2D eigenvalue weighted by molar-refractivity contribution is 0.590. The van der Waals surface area contributed by atoms with Crippen molar-refractivity contribution in [3.63, 3.8) is 0 Å². The molecule has 0 unspecified atom stereocenters. The first-order valence-corrected chi connectivity index (χ1v) is 9.71. The fourth-order valence-corrected chi connectivity index (χ4v) is 3.24. The molecule has 2 aromatic rings. The van der Waals surface area contributed by atoms with Gasteiger partial charge in [-0.25, -0.2) is 0 Å². The van der Waals surface area contributed by atoms with Crippen LogP contribution >= 0.6 is 0 Å². The molecule has 0 aliphatic carbocycles. The summed E-state index contributed by atoms with van der Waals surface area (Å²) in [5.41, 5.74) is 17.6. The predicted octanol–water partition coefficient (Wildman–Crippen LogP) is 5.12. The Balaban J connectivity index is 1.86. The quantitative estimate of drug-likeness (QED) is 0.763. The fourth-order valence-electron chi connectivity index (χ4n) is 3.24. The molecule has 4 heteroatoms. The lowest BCUT2D eigenvalue weighted by Gasteiger charge is -2.32. The van der Waals surface area contributed by atoms with Crippen molar-refractivity contribution in [2.45, 2.75) is 52.4 Å². The molecule has 0 spiro atoms. The Hall–Kier alpha value is -2.88. The first-order valence-electron chi connectivity index (χ1n) is 9.71. The Morgan fingerprint density at radius 3 is 1.07 bits per heavy atom. The maximum absolute atomic E-state index is 6.39.